The second kappa shape index (κ2) is 13.7. The van der Waals surface area contributed by atoms with Crippen LogP contribution >= 0.6 is 25.7 Å². The van der Waals surface area contributed by atoms with Crippen molar-refractivity contribution in [2.24, 2.45) is 23.7 Å². The molecule has 1 atom stereocenters. The van der Waals surface area contributed by atoms with Crippen LogP contribution in [0.5, 0.6) is 5.75 Å². The fraction of sp³-hybridized carbons (Fsp3) is 0.657. The summed E-state index contributed by atoms with van der Waals surface area (Å²) in [6.07, 6.45) is 13.7. The van der Waals surface area contributed by atoms with Crippen LogP contribution in [-0.2, 0) is 12.0 Å². The standard InChI is InChI=1S/C35H50N4OS.H2S/c1-37(23-27-7-6-8-27)41-40-33-15-13-32(14-16-33)39-25-28(26-39)24-38-21-18-31(19-22-38)35(30-10-3-4-11-30)34-12-5-2-9-29(34)17-20-36-35;/h2,5,9,12-16,27-28,30-31,36H,3-4,6-8,10-11,17-26H2,1H3;1H2. The molecule has 230 valence electrons. The van der Waals surface area contributed by atoms with Crippen molar-refractivity contribution in [3.8, 4) is 5.75 Å². The second-order valence-corrected chi connectivity index (χ2v) is 14.7. The fourth-order valence-electron chi connectivity index (χ4n) is 8.80. The zero-order valence-electron chi connectivity index (χ0n) is 25.6. The highest BCUT2D eigenvalue weighted by molar-refractivity contribution is 7.92. The van der Waals surface area contributed by atoms with Gasteiger partial charge in [-0.15, -0.1) is 0 Å². The average molecular weight is 609 g/mol. The summed E-state index contributed by atoms with van der Waals surface area (Å²) in [5.74, 6) is 4.17. The number of piperidine rings is 1. The Bertz CT molecular complexity index is 1140. The Morgan fingerprint density at radius 1 is 0.881 bits per heavy atom. The molecule has 0 amide bonds. The predicted molar refractivity (Wildman–Crippen MR) is 182 cm³/mol. The molecule has 2 aromatic rings. The molecule has 7 heteroatoms. The van der Waals surface area contributed by atoms with Crippen molar-refractivity contribution in [2.75, 3.05) is 57.8 Å². The lowest BCUT2D eigenvalue weighted by atomic mass is 9.63. The van der Waals surface area contributed by atoms with Gasteiger partial charge in [-0.3, -0.25) is 0 Å². The Hall–Kier alpha value is -1.38. The molecule has 0 aromatic heterocycles. The van der Waals surface area contributed by atoms with Crippen LogP contribution in [0.1, 0.15) is 68.9 Å². The number of nitrogens with zero attached hydrogens (tertiary/aromatic N) is 3. The molecule has 4 fully saturated rings. The van der Waals surface area contributed by atoms with Gasteiger partial charge in [-0.2, -0.15) is 13.5 Å². The van der Waals surface area contributed by atoms with E-state index in [2.05, 4.69) is 75.0 Å². The molecule has 1 N–H and O–H groups in total. The van der Waals surface area contributed by atoms with Crippen molar-refractivity contribution in [1.82, 2.24) is 14.5 Å². The summed E-state index contributed by atoms with van der Waals surface area (Å²) < 4.78 is 8.21. The SMILES string of the molecule is CN(CC1CCC1)SOc1ccc(N2CC(CN3CCC(C4(C5CCCC5)NCCc5ccccc54)CC3)C2)cc1.S. The van der Waals surface area contributed by atoms with Gasteiger partial charge < -0.3 is 19.3 Å². The molecule has 3 aliphatic heterocycles. The Balaban J connectivity index is 0.00000316. The number of anilines is 1. The minimum absolute atomic E-state index is 0. The first kappa shape index (κ1) is 30.6. The van der Waals surface area contributed by atoms with E-state index in [9.17, 15) is 0 Å². The van der Waals surface area contributed by atoms with Gasteiger partial charge in [0.1, 0.15) is 18.0 Å². The van der Waals surface area contributed by atoms with Crippen molar-refractivity contribution in [3.05, 3.63) is 59.7 Å². The average Bonchev–Trinajstić information content (AvgIpc) is 3.52. The number of likely N-dealkylation sites (tertiary alicyclic amines) is 1. The molecule has 5 aliphatic rings. The van der Waals surface area contributed by atoms with E-state index in [0.717, 1.165) is 42.5 Å². The first-order valence-electron chi connectivity index (χ1n) is 16.6. The largest absolute Gasteiger partial charge is 0.409 e. The van der Waals surface area contributed by atoms with Gasteiger partial charge in [0.25, 0.3) is 0 Å². The van der Waals surface area contributed by atoms with Gasteiger partial charge in [-0.25, -0.2) is 4.31 Å². The van der Waals surface area contributed by atoms with E-state index < -0.39 is 0 Å². The van der Waals surface area contributed by atoms with E-state index >= 15 is 0 Å². The Morgan fingerprint density at radius 3 is 2.31 bits per heavy atom. The van der Waals surface area contributed by atoms with Crippen molar-refractivity contribution in [1.29, 1.82) is 0 Å². The minimum atomic E-state index is 0. The first-order chi connectivity index (χ1) is 20.2. The van der Waals surface area contributed by atoms with Crippen LogP contribution in [0.4, 0.5) is 5.69 Å². The highest BCUT2D eigenvalue weighted by atomic mass is 32.2. The van der Waals surface area contributed by atoms with Crippen LogP contribution in [-0.4, -0.2) is 62.1 Å². The summed E-state index contributed by atoms with van der Waals surface area (Å²) in [5.41, 5.74) is 4.82. The van der Waals surface area contributed by atoms with Crippen molar-refractivity contribution in [3.63, 3.8) is 0 Å². The summed E-state index contributed by atoms with van der Waals surface area (Å²) in [7, 11) is 2.14. The fourth-order valence-corrected chi connectivity index (χ4v) is 9.40. The molecule has 1 unspecified atom stereocenters. The number of benzene rings is 2. The van der Waals surface area contributed by atoms with Crippen molar-refractivity contribution in [2.45, 2.75) is 69.7 Å². The van der Waals surface area contributed by atoms with Gasteiger partial charge >= 0.3 is 0 Å². The molecule has 0 bridgehead atoms. The van der Waals surface area contributed by atoms with Crippen LogP contribution in [0, 0.1) is 23.7 Å². The van der Waals surface area contributed by atoms with Gasteiger partial charge in [-0.1, -0.05) is 43.5 Å². The lowest BCUT2D eigenvalue weighted by Gasteiger charge is -2.53. The van der Waals surface area contributed by atoms with E-state index in [-0.39, 0.29) is 19.0 Å². The topological polar surface area (TPSA) is 31.0 Å². The summed E-state index contributed by atoms with van der Waals surface area (Å²) >= 11 is 1.48. The third-order valence-electron chi connectivity index (χ3n) is 11.2. The molecule has 2 aliphatic carbocycles. The van der Waals surface area contributed by atoms with E-state index in [1.54, 1.807) is 11.1 Å². The van der Waals surface area contributed by atoms with Crippen LogP contribution in [0.2, 0.25) is 0 Å². The van der Waals surface area contributed by atoms with E-state index in [1.165, 1.54) is 115 Å². The number of fused-ring (bicyclic) bond motifs is 1. The van der Waals surface area contributed by atoms with Gasteiger partial charge in [0.15, 0.2) is 0 Å². The molecule has 3 heterocycles. The second-order valence-electron chi connectivity index (χ2n) is 13.8. The lowest BCUT2D eigenvalue weighted by Crippen LogP contribution is -2.59. The summed E-state index contributed by atoms with van der Waals surface area (Å²) in [4.78, 5) is 5.32. The first-order valence-corrected chi connectivity index (χ1v) is 17.3. The molecule has 7 rings (SSSR count). The van der Waals surface area contributed by atoms with Gasteiger partial charge in [0.05, 0.1) is 0 Å². The Morgan fingerprint density at radius 2 is 1.60 bits per heavy atom. The van der Waals surface area contributed by atoms with E-state index in [1.807, 2.05) is 0 Å². The molecule has 42 heavy (non-hydrogen) atoms. The summed E-state index contributed by atoms with van der Waals surface area (Å²) in [5, 5.41) is 4.19. The maximum atomic E-state index is 5.97. The van der Waals surface area contributed by atoms with Crippen LogP contribution in [0.15, 0.2) is 48.5 Å². The lowest BCUT2D eigenvalue weighted by molar-refractivity contribution is 0.0492. The maximum absolute atomic E-state index is 5.97. The molecule has 5 nitrogen and oxygen atoms in total. The van der Waals surface area contributed by atoms with Crippen molar-refractivity contribution < 1.29 is 4.18 Å². The van der Waals surface area contributed by atoms with Gasteiger partial charge in [0.2, 0.25) is 0 Å². The van der Waals surface area contributed by atoms with Crippen LogP contribution in [0.3, 0.4) is 0 Å². The quantitative estimate of drug-likeness (QED) is 0.235. The normalized spacial score (nSPS) is 26.0. The highest BCUT2D eigenvalue weighted by Gasteiger charge is 2.50. The number of nitrogens with one attached hydrogen (secondary N) is 1. The molecule has 2 aromatic carbocycles. The van der Waals surface area contributed by atoms with Crippen LogP contribution < -0.4 is 14.4 Å². The Kier molecular flexibility index (Phi) is 10.0. The molecule has 2 saturated heterocycles. The maximum Gasteiger partial charge on any atom is 0.146 e. The predicted octanol–water partition coefficient (Wildman–Crippen LogP) is 6.85. The highest BCUT2D eigenvalue weighted by Crippen LogP contribution is 2.50. The minimum Gasteiger partial charge on any atom is -0.409 e. The van der Waals surface area contributed by atoms with Gasteiger partial charge in [-0.05, 0) is 111 Å². The monoisotopic (exact) mass is 608 g/mol. The summed E-state index contributed by atoms with van der Waals surface area (Å²) in [6.45, 7) is 8.42. The van der Waals surface area contributed by atoms with E-state index in [0.29, 0.717) is 0 Å². The van der Waals surface area contributed by atoms with Gasteiger partial charge in [0, 0.05) is 56.9 Å². The Labute approximate surface area is 265 Å². The number of hydrogen-bond acceptors (Lipinski definition) is 6. The molecular weight excluding hydrogens is 557 g/mol. The third-order valence-corrected chi connectivity index (χ3v) is 11.9. The molecule has 0 spiro atoms. The molecular formula is C35H52N4OS2. The third kappa shape index (κ3) is 6.37. The molecule has 0 radical (unpaired) electrons. The van der Waals surface area contributed by atoms with Crippen LogP contribution in [0.25, 0.3) is 0 Å². The smallest absolute Gasteiger partial charge is 0.146 e. The zero-order valence-corrected chi connectivity index (χ0v) is 27.4. The zero-order chi connectivity index (χ0) is 27.6. The molecule has 2 saturated carbocycles. The summed E-state index contributed by atoms with van der Waals surface area (Å²) in [6, 6.07) is 18.2. The number of rotatable bonds is 10. The van der Waals surface area contributed by atoms with E-state index in [4.69, 9.17) is 4.18 Å². The van der Waals surface area contributed by atoms with Crippen molar-refractivity contribution >= 4 is 31.4 Å². The number of hydrogen-bond donors (Lipinski definition) is 1.